The second-order valence-corrected chi connectivity index (χ2v) is 6.68. The number of ether oxygens (including phenoxy) is 2. The molecule has 2 aromatic rings. The van der Waals surface area contributed by atoms with Gasteiger partial charge in [-0.2, -0.15) is 0 Å². The fraction of sp³-hybridized carbons (Fsp3) is 0.318. The van der Waals surface area contributed by atoms with Crippen molar-refractivity contribution in [3.8, 4) is 5.75 Å². The minimum absolute atomic E-state index is 0.00247. The van der Waals surface area contributed by atoms with Crippen LogP contribution in [-0.2, 0) is 14.3 Å². The molecule has 1 atom stereocenters. The maximum Gasteiger partial charge on any atom is 0.307 e. The van der Waals surface area contributed by atoms with Crippen molar-refractivity contribution in [3.63, 3.8) is 0 Å². The quantitative estimate of drug-likeness (QED) is 0.634. The molecule has 0 bridgehead atoms. The standard InChI is InChI=1S/C22H26N2O5/c1-15(2)29-18-11-9-17(10-12-18)22(27)23-14-20(25)24-19(13-21(26)28-3)16-7-5-4-6-8-16/h4-12,15,19H,13-14H2,1-3H3,(H,23,27)(H,24,25)/t19-/m0/s1. The number of benzene rings is 2. The molecule has 2 rings (SSSR count). The van der Waals surface area contributed by atoms with Crippen LogP contribution in [0.1, 0.15) is 42.2 Å². The van der Waals surface area contributed by atoms with Gasteiger partial charge in [-0.25, -0.2) is 0 Å². The molecular formula is C22H26N2O5. The highest BCUT2D eigenvalue weighted by atomic mass is 16.5. The van der Waals surface area contributed by atoms with E-state index in [2.05, 4.69) is 10.6 Å². The molecule has 0 aromatic heterocycles. The zero-order valence-corrected chi connectivity index (χ0v) is 16.8. The second-order valence-electron chi connectivity index (χ2n) is 6.68. The highest BCUT2D eigenvalue weighted by molar-refractivity contribution is 5.96. The van der Waals surface area contributed by atoms with Gasteiger partial charge >= 0.3 is 5.97 Å². The third-order valence-electron chi connectivity index (χ3n) is 4.03. The summed E-state index contributed by atoms with van der Waals surface area (Å²) in [6.45, 7) is 3.62. The Balaban J connectivity index is 1.92. The minimum Gasteiger partial charge on any atom is -0.491 e. The topological polar surface area (TPSA) is 93.7 Å². The summed E-state index contributed by atoms with van der Waals surface area (Å²) in [5.74, 6) is -0.550. The van der Waals surface area contributed by atoms with Crippen molar-refractivity contribution in [2.75, 3.05) is 13.7 Å². The van der Waals surface area contributed by atoms with E-state index in [4.69, 9.17) is 9.47 Å². The van der Waals surface area contributed by atoms with E-state index >= 15 is 0 Å². The van der Waals surface area contributed by atoms with Gasteiger partial charge < -0.3 is 20.1 Å². The SMILES string of the molecule is COC(=O)C[C@H](NC(=O)CNC(=O)c1ccc(OC(C)C)cc1)c1ccccc1. The average molecular weight is 398 g/mol. The van der Waals surface area contributed by atoms with Gasteiger partial charge in [-0.15, -0.1) is 0 Å². The van der Waals surface area contributed by atoms with Crippen LogP contribution in [0.15, 0.2) is 54.6 Å². The van der Waals surface area contributed by atoms with E-state index in [1.807, 2.05) is 44.2 Å². The van der Waals surface area contributed by atoms with Crippen LogP contribution in [0.2, 0.25) is 0 Å². The van der Waals surface area contributed by atoms with Crippen LogP contribution in [0, 0.1) is 0 Å². The van der Waals surface area contributed by atoms with Crippen molar-refractivity contribution in [2.45, 2.75) is 32.4 Å². The zero-order chi connectivity index (χ0) is 21.2. The van der Waals surface area contributed by atoms with Gasteiger partial charge in [0.25, 0.3) is 5.91 Å². The lowest BCUT2D eigenvalue weighted by Crippen LogP contribution is -2.39. The van der Waals surface area contributed by atoms with Crippen LogP contribution in [0.4, 0.5) is 0 Å². The third-order valence-corrected chi connectivity index (χ3v) is 4.03. The Kier molecular flexibility index (Phi) is 8.21. The highest BCUT2D eigenvalue weighted by Crippen LogP contribution is 2.17. The first kappa shape index (κ1) is 21.9. The fourth-order valence-corrected chi connectivity index (χ4v) is 2.65. The van der Waals surface area contributed by atoms with Crippen LogP contribution < -0.4 is 15.4 Å². The van der Waals surface area contributed by atoms with Crippen molar-refractivity contribution >= 4 is 17.8 Å². The lowest BCUT2D eigenvalue weighted by molar-refractivity contribution is -0.141. The number of hydrogen-bond acceptors (Lipinski definition) is 5. The van der Waals surface area contributed by atoms with Crippen LogP contribution in [-0.4, -0.2) is 37.5 Å². The molecule has 7 heteroatoms. The fourth-order valence-electron chi connectivity index (χ4n) is 2.65. The van der Waals surface area contributed by atoms with Crippen molar-refractivity contribution in [1.29, 1.82) is 0 Å². The van der Waals surface area contributed by atoms with Crippen molar-refractivity contribution < 1.29 is 23.9 Å². The first-order valence-corrected chi connectivity index (χ1v) is 9.35. The highest BCUT2D eigenvalue weighted by Gasteiger charge is 2.19. The van der Waals surface area contributed by atoms with Gasteiger partial charge in [-0.3, -0.25) is 14.4 Å². The molecule has 29 heavy (non-hydrogen) atoms. The van der Waals surface area contributed by atoms with Gasteiger partial charge in [0.2, 0.25) is 5.91 Å². The predicted octanol–water partition coefficient (Wildman–Crippen LogP) is 2.62. The molecule has 0 unspecified atom stereocenters. The molecule has 2 aromatic carbocycles. The van der Waals surface area contributed by atoms with E-state index in [-0.39, 0.29) is 25.0 Å². The Morgan fingerprint density at radius 2 is 1.62 bits per heavy atom. The number of nitrogens with one attached hydrogen (secondary N) is 2. The van der Waals surface area contributed by atoms with E-state index in [1.165, 1.54) is 7.11 Å². The van der Waals surface area contributed by atoms with Crippen molar-refractivity contribution in [2.24, 2.45) is 0 Å². The summed E-state index contributed by atoms with van der Waals surface area (Å²) in [6.07, 6.45) is 0.0401. The Morgan fingerprint density at radius 3 is 2.21 bits per heavy atom. The molecule has 0 radical (unpaired) electrons. The lowest BCUT2D eigenvalue weighted by atomic mass is 10.0. The normalized spacial score (nSPS) is 11.4. The molecule has 0 heterocycles. The smallest absolute Gasteiger partial charge is 0.307 e. The first-order valence-electron chi connectivity index (χ1n) is 9.35. The molecule has 7 nitrogen and oxygen atoms in total. The summed E-state index contributed by atoms with van der Waals surface area (Å²) in [7, 11) is 1.30. The molecule has 2 amide bonds. The molecule has 0 aliphatic heterocycles. The maximum atomic E-state index is 12.3. The Bertz CT molecular complexity index is 819. The van der Waals surface area contributed by atoms with Crippen LogP contribution >= 0.6 is 0 Å². The summed E-state index contributed by atoms with van der Waals surface area (Å²) in [5.41, 5.74) is 1.20. The van der Waals surface area contributed by atoms with Crippen molar-refractivity contribution in [1.82, 2.24) is 10.6 Å². The predicted molar refractivity (Wildman–Crippen MR) is 108 cm³/mol. The van der Waals surface area contributed by atoms with E-state index in [1.54, 1.807) is 24.3 Å². The van der Waals surface area contributed by atoms with Crippen LogP contribution in [0.3, 0.4) is 0 Å². The summed E-state index contributed by atoms with van der Waals surface area (Å²) >= 11 is 0. The molecule has 0 aliphatic rings. The van der Waals surface area contributed by atoms with Crippen LogP contribution in [0.5, 0.6) is 5.75 Å². The summed E-state index contributed by atoms with van der Waals surface area (Å²) in [5, 5.41) is 5.34. The van der Waals surface area contributed by atoms with Gasteiger partial charge in [0.15, 0.2) is 0 Å². The Hall–Kier alpha value is -3.35. The van der Waals surface area contributed by atoms with Gasteiger partial charge in [0.1, 0.15) is 5.75 Å². The molecule has 0 spiro atoms. The van der Waals surface area contributed by atoms with E-state index in [9.17, 15) is 14.4 Å². The number of esters is 1. The van der Waals surface area contributed by atoms with Gasteiger partial charge in [-0.05, 0) is 43.7 Å². The van der Waals surface area contributed by atoms with E-state index in [0.717, 1.165) is 5.56 Å². The molecule has 0 aliphatic carbocycles. The molecular weight excluding hydrogens is 372 g/mol. The number of methoxy groups -OCH3 is 1. The largest absolute Gasteiger partial charge is 0.491 e. The van der Waals surface area contributed by atoms with E-state index < -0.39 is 17.9 Å². The van der Waals surface area contributed by atoms with Crippen molar-refractivity contribution in [3.05, 3.63) is 65.7 Å². The third kappa shape index (κ3) is 7.29. The molecule has 2 N–H and O–H groups in total. The first-order chi connectivity index (χ1) is 13.9. The number of amides is 2. The monoisotopic (exact) mass is 398 g/mol. The number of rotatable bonds is 9. The molecule has 0 saturated heterocycles. The number of carbonyl (C=O) groups excluding carboxylic acids is 3. The number of hydrogen-bond donors (Lipinski definition) is 2. The lowest BCUT2D eigenvalue weighted by Gasteiger charge is -2.18. The summed E-state index contributed by atoms with van der Waals surface area (Å²) < 4.78 is 10.2. The maximum absolute atomic E-state index is 12.3. The van der Waals surface area contributed by atoms with Gasteiger partial charge in [0.05, 0.1) is 32.2 Å². The minimum atomic E-state index is -0.541. The molecule has 0 saturated carbocycles. The van der Waals surface area contributed by atoms with Gasteiger partial charge in [-0.1, -0.05) is 30.3 Å². The van der Waals surface area contributed by atoms with Crippen LogP contribution in [0.25, 0.3) is 0 Å². The Morgan fingerprint density at radius 1 is 0.966 bits per heavy atom. The Labute approximate surface area is 170 Å². The zero-order valence-electron chi connectivity index (χ0n) is 16.8. The second kappa shape index (κ2) is 10.8. The summed E-state index contributed by atoms with van der Waals surface area (Å²) in [4.78, 5) is 36.2. The number of carbonyl (C=O) groups is 3. The summed E-state index contributed by atoms with van der Waals surface area (Å²) in [6, 6.07) is 15.2. The molecule has 154 valence electrons. The molecule has 0 fully saturated rings. The van der Waals surface area contributed by atoms with E-state index in [0.29, 0.717) is 11.3 Å². The van der Waals surface area contributed by atoms with Gasteiger partial charge in [0, 0.05) is 5.56 Å². The average Bonchev–Trinajstić information content (AvgIpc) is 2.72.